The van der Waals surface area contributed by atoms with Gasteiger partial charge in [0, 0.05) is 18.1 Å². The first-order valence-electron chi connectivity index (χ1n) is 9.02. The number of nitro groups is 1. The molecule has 0 bridgehead atoms. The van der Waals surface area contributed by atoms with Gasteiger partial charge in [-0.05, 0) is 32.9 Å². The number of benzene rings is 1. The van der Waals surface area contributed by atoms with Crippen LogP contribution in [-0.4, -0.2) is 40.7 Å². The Balaban J connectivity index is 2.30. The van der Waals surface area contributed by atoms with E-state index in [0.717, 1.165) is 13.3 Å². The molecule has 2 aromatic rings. The molecule has 1 N–H and O–H groups in total. The van der Waals surface area contributed by atoms with Crippen molar-refractivity contribution in [3.63, 3.8) is 0 Å². The summed E-state index contributed by atoms with van der Waals surface area (Å²) >= 11 is 0. The first kappa shape index (κ1) is 22.6. The van der Waals surface area contributed by atoms with E-state index >= 15 is 0 Å². The molecule has 0 saturated heterocycles. The molecule has 2 rings (SSSR count). The summed E-state index contributed by atoms with van der Waals surface area (Å²) in [5.41, 5.74) is -0.980. The molecule has 0 unspecified atom stereocenters. The summed E-state index contributed by atoms with van der Waals surface area (Å²) < 4.78 is 15.5. The number of hydrogen-bond acceptors (Lipinski definition) is 8. The van der Waals surface area contributed by atoms with Crippen molar-refractivity contribution in [3.05, 3.63) is 58.3 Å². The first-order valence-corrected chi connectivity index (χ1v) is 9.02. The molecule has 1 heterocycles. The van der Waals surface area contributed by atoms with Gasteiger partial charge in [-0.25, -0.2) is 14.6 Å². The Hall–Kier alpha value is -3.69. The van der Waals surface area contributed by atoms with Crippen molar-refractivity contribution in [2.75, 3.05) is 7.11 Å². The summed E-state index contributed by atoms with van der Waals surface area (Å²) in [6.07, 6.45) is -0.0407. The number of ether oxygens (including phenoxy) is 3. The van der Waals surface area contributed by atoms with E-state index in [-0.39, 0.29) is 23.6 Å². The lowest BCUT2D eigenvalue weighted by molar-refractivity contribution is -0.385. The highest BCUT2D eigenvalue weighted by Crippen LogP contribution is 2.26. The molecule has 1 amide bonds. The monoisotopic (exact) mass is 417 g/mol. The highest BCUT2D eigenvalue weighted by Gasteiger charge is 2.28. The summed E-state index contributed by atoms with van der Waals surface area (Å²) in [6.45, 7) is 5.00. The number of carbonyl (C=O) groups excluding carboxylic acids is 2. The molecule has 10 heteroatoms. The van der Waals surface area contributed by atoms with Crippen LogP contribution in [0.3, 0.4) is 0 Å². The predicted molar refractivity (Wildman–Crippen MR) is 106 cm³/mol. The van der Waals surface area contributed by atoms with E-state index in [4.69, 9.17) is 14.2 Å². The van der Waals surface area contributed by atoms with E-state index in [1.54, 1.807) is 45.0 Å². The van der Waals surface area contributed by atoms with Crippen molar-refractivity contribution < 1.29 is 28.7 Å². The third-order valence-corrected chi connectivity index (χ3v) is 3.70. The Morgan fingerprint density at radius 3 is 2.47 bits per heavy atom. The van der Waals surface area contributed by atoms with Crippen LogP contribution < -0.4 is 10.1 Å². The number of pyridine rings is 1. The van der Waals surface area contributed by atoms with Crippen molar-refractivity contribution in [2.45, 2.75) is 38.8 Å². The average molecular weight is 417 g/mol. The third kappa shape index (κ3) is 6.73. The SMILES string of the molecule is COC(=O)[C@H](Cc1cc(Oc2ccccc2)ncc1[N+](=O)[O-])NC(=O)OC(C)(C)C. The summed E-state index contributed by atoms with van der Waals surface area (Å²) in [5.74, 6) is -0.193. The van der Waals surface area contributed by atoms with Crippen LogP contribution in [0.4, 0.5) is 10.5 Å². The fourth-order valence-corrected chi connectivity index (χ4v) is 2.47. The lowest BCUT2D eigenvalue weighted by Crippen LogP contribution is -2.45. The number of methoxy groups -OCH3 is 1. The zero-order chi connectivity index (χ0) is 22.3. The van der Waals surface area contributed by atoms with E-state index in [2.05, 4.69) is 10.3 Å². The zero-order valence-corrected chi connectivity index (χ0v) is 17.1. The molecule has 30 heavy (non-hydrogen) atoms. The Labute approximate surface area is 173 Å². The number of rotatable bonds is 7. The molecule has 0 aliphatic carbocycles. The summed E-state index contributed by atoms with van der Waals surface area (Å²) in [6, 6.07) is 8.87. The fraction of sp³-hybridized carbons (Fsp3) is 0.350. The number of amides is 1. The standard InChI is InChI=1S/C20H23N3O7/c1-20(2,3)30-19(25)22-15(18(24)28-4)10-13-11-17(21-12-16(13)23(26)27)29-14-8-6-5-7-9-14/h5-9,11-12,15H,10H2,1-4H3,(H,22,25)/t15-/m0/s1. The maximum absolute atomic E-state index is 12.2. The fourth-order valence-electron chi connectivity index (χ4n) is 2.47. The highest BCUT2D eigenvalue weighted by atomic mass is 16.6. The van der Waals surface area contributed by atoms with Gasteiger partial charge in [0.25, 0.3) is 5.69 Å². The van der Waals surface area contributed by atoms with Gasteiger partial charge in [0.15, 0.2) is 0 Å². The minimum Gasteiger partial charge on any atom is -0.467 e. The predicted octanol–water partition coefficient (Wildman–Crippen LogP) is 3.39. The Morgan fingerprint density at radius 2 is 1.90 bits per heavy atom. The van der Waals surface area contributed by atoms with Crippen LogP contribution >= 0.6 is 0 Å². The number of nitrogens with one attached hydrogen (secondary N) is 1. The Morgan fingerprint density at radius 1 is 1.23 bits per heavy atom. The molecule has 160 valence electrons. The van der Waals surface area contributed by atoms with Crippen molar-refractivity contribution >= 4 is 17.7 Å². The van der Waals surface area contributed by atoms with Crippen molar-refractivity contribution in [3.8, 4) is 11.6 Å². The van der Waals surface area contributed by atoms with Gasteiger partial charge in [-0.15, -0.1) is 0 Å². The number of carbonyl (C=O) groups is 2. The van der Waals surface area contributed by atoms with Crippen LogP contribution in [0, 0.1) is 10.1 Å². The first-order chi connectivity index (χ1) is 14.1. The number of nitrogens with zero attached hydrogens (tertiary/aromatic N) is 2. The second-order valence-electron chi connectivity index (χ2n) is 7.25. The van der Waals surface area contributed by atoms with E-state index in [1.165, 1.54) is 6.07 Å². The van der Waals surface area contributed by atoms with Crippen LogP contribution in [0.15, 0.2) is 42.6 Å². The van der Waals surface area contributed by atoms with Gasteiger partial charge in [0.1, 0.15) is 23.6 Å². The summed E-state index contributed by atoms with van der Waals surface area (Å²) in [5, 5.41) is 13.8. The molecule has 0 aliphatic rings. The van der Waals surface area contributed by atoms with Crippen molar-refractivity contribution in [1.29, 1.82) is 0 Å². The molecule has 0 spiro atoms. The number of aromatic nitrogens is 1. The van der Waals surface area contributed by atoms with Gasteiger partial charge in [0.2, 0.25) is 5.88 Å². The molecule has 1 aromatic heterocycles. The van der Waals surface area contributed by atoms with Gasteiger partial charge in [-0.1, -0.05) is 18.2 Å². The number of esters is 1. The number of para-hydroxylation sites is 1. The zero-order valence-electron chi connectivity index (χ0n) is 17.1. The van der Waals surface area contributed by atoms with Crippen molar-refractivity contribution in [1.82, 2.24) is 10.3 Å². The average Bonchev–Trinajstić information content (AvgIpc) is 2.66. The maximum atomic E-state index is 12.2. The lowest BCUT2D eigenvalue weighted by atomic mass is 10.1. The summed E-state index contributed by atoms with van der Waals surface area (Å²) in [7, 11) is 1.15. The Bertz CT molecular complexity index is 910. The second-order valence-corrected chi connectivity index (χ2v) is 7.25. The minimum absolute atomic E-state index is 0.0997. The van der Waals surface area contributed by atoms with Gasteiger partial charge in [-0.3, -0.25) is 10.1 Å². The van der Waals surface area contributed by atoms with Gasteiger partial charge in [-0.2, -0.15) is 0 Å². The number of alkyl carbamates (subject to hydrolysis) is 1. The minimum atomic E-state index is -1.21. The molecule has 0 saturated carbocycles. The molecule has 0 fully saturated rings. The molecule has 10 nitrogen and oxygen atoms in total. The van der Waals surface area contributed by atoms with Crippen molar-refractivity contribution in [2.24, 2.45) is 0 Å². The molecule has 1 aromatic carbocycles. The van der Waals surface area contributed by atoms with E-state index in [1.807, 2.05) is 6.07 Å². The van der Waals surface area contributed by atoms with E-state index in [9.17, 15) is 19.7 Å². The molecule has 0 radical (unpaired) electrons. The molecular formula is C20H23N3O7. The van der Waals surface area contributed by atoms with Crippen LogP contribution in [0.25, 0.3) is 0 Å². The van der Waals surface area contributed by atoms with Gasteiger partial charge >= 0.3 is 12.1 Å². The second kappa shape index (κ2) is 9.68. The maximum Gasteiger partial charge on any atom is 0.408 e. The Kier molecular flexibility index (Phi) is 7.29. The summed E-state index contributed by atoms with van der Waals surface area (Å²) in [4.78, 5) is 39.0. The smallest absolute Gasteiger partial charge is 0.408 e. The normalized spacial score (nSPS) is 11.9. The lowest BCUT2D eigenvalue weighted by Gasteiger charge is -2.22. The largest absolute Gasteiger partial charge is 0.467 e. The quantitative estimate of drug-likeness (QED) is 0.412. The molecular weight excluding hydrogens is 394 g/mol. The van der Waals surface area contributed by atoms with Crippen LogP contribution in [0.5, 0.6) is 11.6 Å². The van der Waals surface area contributed by atoms with Crippen LogP contribution in [0.1, 0.15) is 26.3 Å². The van der Waals surface area contributed by atoms with E-state index in [0.29, 0.717) is 5.75 Å². The highest BCUT2D eigenvalue weighted by molar-refractivity contribution is 5.81. The van der Waals surface area contributed by atoms with Gasteiger partial charge in [0.05, 0.1) is 12.0 Å². The van der Waals surface area contributed by atoms with Crippen LogP contribution in [0.2, 0.25) is 0 Å². The van der Waals surface area contributed by atoms with E-state index < -0.39 is 28.6 Å². The topological polar surface area (TPSA) is 130 Å². The number of hydrogen-bond donors (Lipinski definition) is 1. The third-order valence-electron chi connectivity index (χ3n) is 3.70. The molecule has 0 aliphatic heterocycles. The van der Waals surface area contributed by atoms with Crippen LogP contribution in [-0.2, 0) is 20.7 Å². The molecule has 1 atom stereocenters. The van der Waals surface area contributed by atoms with Gasteiger partial charge < -0.3 is 19.5 Å².